The third-order valence-corrected chi connectivity index (χ3v) is 4.23. The van der Waals surface area contributed by atoms with Gasteiger partial charge in [0.25, 0.3) is 5.91 Å². The maximum absolute atomic E-state index is 12.1. The Morgan fingerprint density at radius 1 is 1.56 bits per heavy atom. The summed E-state index contributed by atoms with van der Waals surface area (Å²) >= 11 is 3.04. The number of hydrogen-bond acceptors (Lipinski definition) is 5. The van der Waals surface area contributed by atoms with Gasteiger partial charge in [-0.3, -0.25) is 9.78 Å². The zero-order valence-electron chi connectivity index (χ0n) is 10.2. The molecule has 0 radical (unpaired) electrons. The Hall–Kier alpha value is -1.40. The molecule has 0 aromatic carbocycles. The first-order valence-corrected chi connectivity index (χ1v) is 7.45. The number of carbonyl (C=O) groups excluding carboxylic acids is 1. The lowest BCUT2D eigenvalue weighted by Crippen LogP contribution is -2.26. The molecule has 0 atom stereocenters. The molecule has 6 heteroatoms. The lowest BCUT2D eigenvalue weighted by molar-refractivity contribution is 0.0779. The summed E-state index contributed by atoms with van der Waals surface area (Å²) in [5.74, 6) is -0.0598. The summed E-state index contributed by atoms with van der Waals surface area (Å²) < 4.78 is 0.910. The number of amides is 1. The van der Waals surface area contributed by atoms with Crippen LogP contribution in [-0.4, -0.2) is 34.1 Å². The van der Waals surface area contributed by atoms with E-state index in [9.17, 15) is 4.79 Å². The van der Waals surface area contributed by atoms with Crippen molar-refractivity contribution in [3.63, 3.8) is 0 Å². The van der Waals surface area contributed by atoms with Gasteiger partial charge < -0.3 is 4.90 Å². The van der Waals surface area contributed by atoms with Crippen molar-refractivity contribution >= 4 is 29.0 Å². The van der Waals surface area contributed by atoms with Crippen LogP contribution in [0.4, 0.5) is 0 Å². The molecular formula is C12H13N3OS2. The normalized spacial score (nSPS) is 10.3. The van der Waals surface area contributed by atoms with E-state index in [-0.39, 0.29) is 5.91 Å². The zero-order chi connectivity index (χ0) is 13.0. The summed E-state index contributed by atoms with van der Waals surface area (Å²) in [6.07, 6.45) is 5.43. The molecule has 0 spiro atoms. The van der Waals surface area contributed by atoms with E-state index >= 15 is 0 Å². The molecule has 2 aromatic rings. The van der Waals surface area contributed by atoms with Crippen LogP contribution in [0.5, 0.6) is 0 Å². The summed E-state index contributed by atoms with van der Waals surface area (Å²) in [5, 5.41) is 1.80. The number of thioether (sulfide) groups is 1. The Balaban J connectivity index is 2.05. The molecule has 94 valence electrons. The predicted octanol–water partition coefficient (Wildman–Crippen LogP) is 2.53. The van der Waals surface area contributed by atoms with Gasteiger partial charge in [-0.1, -0.05) is 17.8 Å². The van der Waals surface area contributed by atoms with Gasteiger partial charge in [-0.05, 0) is 17.9 Å². The molecule has 0 saturated heterocycles. The van der Waals surface area contributed by atoms with E-state index in [1.54, 1.807) is 41.5 Å². The third kappa shape index (κ3) is 3.08. The smallest absolute Gasteiger partial charge is 0.273 e. The standard InChI is InChI=1S/C12H13N3OS2/c1-15(7-9-4-3-5-13-6-9)11(16)10-8-18-12(14-10)17-2/h3-6,8H,7H2,1-2H3. The summed E-state index contributed by atoms with van der Waals surface area (Å²) in [7, 11) is 1.77. The van der Waals surface area contributed by atoms with E-state index in [0.29, 0.717) is 12.2 Å². The van der Waals surface area contributed by atoms with Crippen LogP contribution in [-0.2, 0) is 6.54 Å². The molecule has 18 heavy (non-hydrogen) atoms. The van der Waals surface area contributed by atoms with Crippen LogP contribution in [0, 0.1) is 0 Å². The summed E-state index contributed by atoms with van der Waals surface area (Å²) in [6.45, 7) is 0.540. The highest BCUT2D eigenvalue weighted by molar-refractivity contribution is 8.00. The van der Waals surface area contributed by atoms with Crippen molar-refractivity contribution in [3.8, 4) is 0 Å². The molecule has 2 heterocycles. The third-order valence-electron chi connectivity index (χ3n) is 2.37. The molecule has 0 saturated carbocycles. The molecule has 0 bridgehead atoms. The number of thiazole rings is 1. The van der Waals surface area contributed by atoms with Crippen molar-refractivity contribution in [2.75, 3.05) is 13.3 Å². The first kappa shape index (κ1) is 13.0. The topological polar surface area (TPSA) is 46.1 Å². The van der Waals surface area contributed by atoms with Gasteiger partial charge in [0.15, 0.2) is 0 Å². The monoisotopic (exact) mass is 279 g/mol. The maximum atomic E-state index is 12.1. The molecule has 0 N–H and O–H groups in total. The summed E-state index contributed by atoms with van der Waals surface area (Å²) in [5.41, 5.74) is 1.52. The number of hydrogen-bond donors (Lipinski definition) is 0. The minimum Gasteiger partial charge on any atom is -0.336 e. The second-order valence-electron chi connectivity index (χ2n) is 3.73. The van der Waals surface area contributed by atoms with Crippen LogP contribution >= 0.6 is 23.1 Å². The number of rotatable bonds is 4. The van der Waals surface area contributed by atoms with Gasteiger partial charge in [-0.25, -0.2) is 4.98 Å². The lowest BCUT2D eigenvalue weighted by atomic mass is 10.2. The molecule has 1 amide bonds. The van der Waals surface area contributed by atoms with E-state index in [1.807, 2.05) is 18.4 Å². The molecule has 4 nitrogen and oxygen atoms in total. The Labute approximate surface area is 114 Å². The Morgan fingerprint density at radius 3 is 3.00 bits per heavy atom. The maximum Gasteiger partial charge on any atom is 0.273 e. The van der Waals surface area contributed by atoms with Crippen LogP contribution in [0.2, 0.25) is 0 Å². The molecule has 2 aromatic heterocycles. The largest absolute Gasteiger partial charge is 0.336 e. The predicted molar refractivity (Wildman–Crippen MR) is 73.9 cm³/mol. The van der Waals surface area contributed by atoms with Crippen molar-refractivity contribution in [1.82, 2.24) is 14.9 Å². The fraction of sp³-hybridized carbons (Fsp3) is 0.250. The molecule has 2 rings (SSSR count). The summed E-state index contributed by atoms with van der Waals surface area (Å²) in [6, 6.07) is 3.81. The lowest BCUT2D eigenvalue weighted by Gasteiger charge is -2.15. The Morgan fingerprint density at radius 2 is 2.39 bits per heavy atom. The molecule has 0 aliphatic rings. The van der Waals surface area contributed by atoms with E-state index < -0.39 is 0 Å². The Kier molecular flexibility index (Phi) is 4.33. The van der Waals surface area contributed by atoms with Gasteiger partial charge >= 0.3 is 0 Å². The van der Waals surface area contributed by atoms with Crippen LogP contribution in [0.3, 0.4) is 0 Å². The van der Waals surface area contributed by atoms with Crippen LogP contribution in [0.1, 0.15) is 16.1 Å². The molecular weight excluding hydrogens is 266 g/mol. The highest BCUT2D eigenvalue weighted by Gasteiger charge is 2.15. The SMILES string of the molecule is CSc1nc(C(=O)N(C)Cc2cccnc2)cs1. The fourth-order valence-corrected chi connectivity index (χ4v) is 2.72. The molecule has 0 aliphatic heterocycles. The minimum atomic E-state index is -0.0598. The van der Waals surface area contributed by atoms with Crippen LogP contribution in [0.25, 0.3) is 0 Å². The second kappa shape index (κ2) is 5.97. The minimum absolute atomic E-state index is 0.0598. The first-order valence-electron chi connectivity index (χ1n) is 5.34. The van der Waals surface area contributed by atoms with E-state index in [4.69, 9.17) is 0 Å². The zero-order valence-corrected chi connectivity index (χ0v) is 11.8. The summed E-state index contributed by atoms with van der Waals surface area (Å²) in [4.78, 5) is 22.1. The van der Waals surface area contributed by atoms with Crippen molar-refractivity contribution in [2.24, 2.45) is 0 Å². The van der Waals surface area contributed by atoms with Crippen molar-refractivity contribution < 1.29 is 4.79 Å². The quantitative estimate of drug-likeness (QED) is 0.807. The second-order valence-corrected chi connectivity index (χ2v) is 5.64. The van der Waals surface area contributed by atoms with Crippen molar-refractivity contribution in [1.29, 1.82) is 0 Å². The van der Waals surface area contributed by atoms with Crippen LogP contribution < -0.4 is 0 Å². The van der Waals surface area contributed by atoms with Gasteiger partial charge in [0.1, 0.15) is 10.0 Å². The average molecular weight is 279 g/mol. The molecule has 0 aliphatic carbocycles. The average Bonchev–Trinajstić information content (AvgIpc) is 2.87. The number of aromatic nitrogens is 2. The molecule has 0 unspecified atom stereocenters. The van der Waals surface area contributed by atoms with Crippen molar-refractivity contribution in [2.45, 2.75) is 10.9 Å². The van der Waals surface area contributed by atoms with E-state index in [0.717, 1.165) is 9.90 Å². The number of nitrogens with zero attached hydrogens (tertiary/aromatic N) is 3. The van der Waals surface area contributed by atoms with Crippen LogP contribution in [0.15, 0.2) is 34.2 Å². The fourth-order valence-electron chi connectivity index (χ4n) is 1.48. The van der Waals surface area contributed by atoms with Gasteiger partial charge in [0, 0.05) is 31.4 Å². The Bertz CT molecular complexity index is 527. The highest BCUT2D eigenvalue weighted by Crippen LogP contribution is 2.20. The highest BCUT2D eigenvalue weighted by atomic mass is 32.2. The van der Waals surface area contributed by atoms with Gasteiger partial charge in [-0.15, -0.1) is 11.3 Å². The van der Waals surface area contributed by atoms with Gasteiger partial charge in [0.2, 0.25) is 0 Å². The molecule has 0 fully saturated rings. The first-order chi connectivity index (χ1) is 8.70. The van der Waals surface area contributed by atoms with Crippen molar-refractivity contribution in [3.05, 3.63) is 41.2 Å². The van der Waals surface area contributed by atoms with E-state index in [2.05, 4.69) is 9.97 Å². The van der Waals surface area contributed by atoms with E-state index in [1.165, 1.54) is 11.3 Å². The van der Waals surface area contributed by atoms with Gasteiger partial charge in [0.05, 0.1) is 0 Å². The number of pyridine rings is 1. The van der Waals surface area contributed by atoms with Gasteiger partial charge in [-0.2, -0.15) is 0 Å². The number of carbonyl (C=O) groups is 1.